The Bertz CT molecular complexity index is 658. The normalized spacial score (nSPS) is 10.0. The van der Waals surface area contributed by atoms with E-state index in [0.717, 1.165) is 5.75 Å². The monoisotopic (exact) mass is 335 g/mol. The zero-order valence-electron chi connectivity index (χ0n) is 13.0. The predicted molar refractivity (Wildman–Crippen MR) is 88.8 cm³/mol. The van der Waals surface area contributed by atoms with E-state index < -0.39 is 0 Å². The average Bonchev–Trinajstić information content (AvgIpc) is 2.59. The van der Waals surface area contributed by atoms with Crippen LogP contribution in [0.25, 0.3) is 0 Å². The summed E-state index contributed by atoms with van der Waals surface area (Å²) >= 11 is 5.91. The molecule has 0 bridgehead atoms. The lowest BCUT2D eigenvalue weighted by Gasteiger charge is -2.11. The van der Waals surface area contributed by atoms with Gasteiger partial charge in [0.15, 0.2) is 0 Å². The molecular formula is C17H18ClNO4. The van der Waals surface area contributed by atoms with Gasteiger partial charge in [0.25, 0.3) is 5.91 Å². The van der Waals surface area contributed by atoms with Gasteiger partial charge in [-0.05, 0) is 42.5 Å². The number of carbonyl (C=O) groups excluding carboxylic acids is 1. The first-order chi connectivity index (χ1) is 11.1. The number of amides is 1. The van der Waals surface area contributed by atoms with Crippen molar-refractivity contribution in [3.05, 3.63) is 53.1 Å². The van der Waals surface area contributed by atoms with Gasteiger partial charge in [0, 0.05) is 5.02 Å². The number of carbonyl (C=O) groups is 1. The van der Waals surface area contributed by atoms with Crippen LogP contribution in [0.4, 0.5) is 0 Å². The second kappa shape index (κ2) is 8.29. The van der Waals surface area contributed by atoms with Crippen LogP contribution < -0.4 is 19.5 Å². The third kappa shape index (κ3) is 4.79. The summed E-state index contributed by atoms with van der Waals surface area (Å²) in [5.41, 5.74) is 0.393. The lowest BCUT2D eigenvalue weighted by molar-refractivity contribution is 0.0944. The zero-order valence-corrected chi connectivity index (χ0v) is 13.7. The van der Waals surface area contributed by atoms with Crippen molar-refractivity contribution >= 4 is 17.5 Å². The maximum atomic E-state index is 12.1. The molecule has 5 nitrogen and oxygen atoms in total. The van der Waals surface area contributed by atoms with E-state index in [0.29, 0.717) is 35.2 Å². The molecule has 0 fully saturated rings. The third-order valence-corrected chi connectivity index (χ3v) is 3.36. The zero-order chi connectivity index (χ0) is 16.7. The van der Waals surface area contributed by atoms with Crippen LogP contribution in [0.3, 0.4) is 0 Å². The van der Waals surface area contributed by atoms with Gasteiger partial charge in [-0.3, -0.25) is 4.79 Å². The molecule has 2 aromatic carbocycles. The second-order valence-electron chi connectivity index (χ2n) is 4.62. The molecule has 0 aliphatic heterocycles. The van der Waals surface area contributed by atoms with Gasteiger partial charge >= 0.3 is 0 Å². The highest BCUT2D eigenvalue weighted by atomic mass is 35.5. The summed E-state index contributed by atoms with van der Waals surface area (Å²) in [7, 11) is 3.11. The third-order valence-electron chi connectivity index (χ3n) is 3.12. The van der Waals surface area contributed by atoms with Gasteiger partial charge in [-0.15, -0.1) is 0 Å². The molecular weight excluding hydrogens is 318 g/mol. The molecule has 6 heteroatoms. The molecule has 0 aliphatic rings. The fourth-order valence-electron chi connectivity index (χ4n) is 1.96. The number of rotatable bonds is 7. The summed E-state index contributed by atoms with van der Waals surface area (Å²) < 4.78 is 15.8. The van der Waals surface area contributed by atoms with Gasteiger partial charge in [-0.25, -0.2) is 0 Å². The first-order valence-corrected chi connectivity index (χ1v) is 7.40. The minimum Gasteiger partial charge on any atom is -0.497 e. The Morgan fingerprint density at radius 3 is 2.39 bits per heavy atom. The van der Waals surface area contributed by atoms with Crippen LogP contribution in [0, 0.1) is 0 Å². The van der Waals surface area contributed by atoms with E-state index in [1.165, 1.54) is 7.11 Å². The van der Waals surface area contributed by atoms with E-state index in [-0.39, 0.29) is 5.91 Å². The number of hydrogen-bond acceptors (Lipinski definition) is 4. The number of hydrogen-bond donors (Lipinski definition) is 1. The van der Waals surface area contributed by atoms with Crippen molar-refractivity contribution in [2.24, 2.45) is 0 Å². The summed E-state index contributed by atoms with van der Waals surface area (Å²) in [6.07, 6.45) is 0. The van der Waals surface area contributed by atoms with Crippen molar-refractivity contribution in [2.75, 3.05) is 27.4 Å². The van der Waals surface area contributed by atoms with Crippen LogP contribution in [-0.4, -0.2) is 33.3 Å². The Morgan fingerprint density at radius 2 is 1.74 bits per heavy atom. The summed E-state index contributed by atoms with van der Waals surface area (Å²) in [6.45, 7) is 0.710. The summed E-state index contributed by atoms with van der Waals surface area (Å²) in [5.74, 6) is 1.68. The molecule has 1 amide bonds. The molecule has 0 spiro atoms. The SMILES string of the molecule is COc1ccc(OCCNC(=O)c2cc(Cl)ccc2OC)cc1. The van der Waals surface area contributed by atoms with Gasteiger partial charge in [-0.1, -0.05) is 11.6 Å². The standard InChI is InChI=1S/C17H18ClNO4/c1-21-13-4-6-14(7-5-13)23-10-9-19-17(20)15-11-12(18)3-8-16(15)22-2/h3-8,11H,9-10H2,1-2H3,(H,19,20). The van der Waals surface area contributed by atoms with Gasteiger partial charge in [0.1, 0.15) is 23.9 Å². The Labute approximate surface area is 140 Å². The molecule has 0 saturated carbocycles. The first-order valence-electron chi connectivity index (χ1n) is 7.02. The highest BCUT2D eigenvalue weighted by molar-refractivity contribution is 6.31. The van der Waals surface area contributed by atoms with Crippen molar-refractivity contribution in [2.45, 2.75) is 0 Å². The van der Waals surface area contributed by atoms with Gasteiger partial charge in [0.05, 0.1) is 26.3 Å². The summed E-state index contributed by atoms with van der Waals surface area (Å²) in [6, 6.07) is 12.1. The van der Waals surface area contributed by atoms with Crippen LogP contribution in [-0.2, 0) is 0 Å². The van der Waals surface area contributed by atoms with Crippen molar-refractivity contribution in [3.8, 4) is 17.2 Å². The molecule has 1 N–H and O–H groups in total. The van der Waals surface area contributed by atoms with Gasteiger partial charge < -0.3 is 19.5 Å². The number of ether oxygens (including phenoxy) is 3. The Hall–Kier alpha value is -2.40. The molecule has 2 rings (SSSR count). The molecule has 0 saturated heterocycles. The maximum Gasteiger partial charge on any atom is 0.255 e. The molecule has 0 atom stereocenters. The van der Waals surface area contributed by atoms with Crippen LogP contribution in [0.2, 0.25) is 5.02 Å². The largest absolute Gasteiger partial charge is 0.497 e. The number of benzene rings is 2. The highest BCUT2D eigenvalue weighted by Gasteiger charge is 2.12. The van der Waals surface area contributed by atoms with Crippen LogP contribution in [0.1, 0.15) is 10.4 Å². The quantitative estimate of drug-likeness (QED) is 0.790. The Balaban J connectivity index is 1.83. The van der Waals surface area contributed by atoms with E-state index in [9.17, 15) is 4.79 Å². The molecule has 0 aromatic heterocycles. The predicted octanol–water partition coefficient (Wildman–Crippen LogP) is 3.17. The van der Waals surface area contributed by atoms with Crippen LogP contribution >= 0.6 is 11.6 Å². The molecule has 0 unspecified atom stereocenters. The molecule has 0 radical (unpaired) electrons. The number of halogens is 1. The topological polar surface area (TPSA) is 56.8 Å². The fourth-order valence-corrected chi connectivity index (χ4v) is 2.13. The molecule has 0 heterocycles. The van der Waals surface area contributed by atoms with Crippen molar-refractivity contribution < 1.29 is 19.0 Å². The average molecular weight is 336 g/mol. The van der Waals surface area contributed by atoms with E-state index in [1.807, 2.05) is 12.1 Å². The Kier molecular flexibility index (Phi) is 6.11. The van der Waals surface area contributed by atoms with E-state index in [4.69, 9.17) is 25.8 Å². The van der Waals surface area contributed by atoms with Gasteiger partial charge in [-0.2, -0.15) is 0 Å². The van der Waals surface area contributed by atoms with E-state index >= 15 is 0 Å². The van der Waals surface area contributed by atoms with Crippen molar-refractivity contribution in [1.82, 2.24) is 5.32 Å². The number of methoxy groups -OCH3 is 2. The molecule has 2 aromatic rings. The molecule has 122 valence electrons. The van der Waals surface area contributed by atoms with Crippen molar-refractivity contribution in [3.63, 3.8) is 0 Å². The molecule has 0 aliphatic carbocycles. The van der Waals surface area contributed by atoms with E-state index in [2.05, 4.69) is 5.32 Å². The summed E-state index contributed by atoms with van der Waals surface area (Å²) in [5, 5.41) is 3.24. The van der Waals surface area contributed by atoms with Crippen LogP contribution in [0.15, 0.2) is 42.5 Å². The highest BCUT2D eigenvalue weighted by Crippen LogP contribution is 2.22. The maximum absolute atomic E-state index is 12.1. The number of nitrogens with one attached hydrogen (secondary N) is 1. The smallest absolute Gasteiger partial charge is 0.255 e. The molecule has 23 heavy (non-hydrogen) atoms. The fraction of sp³-hybridized carbons (Fsp3) is 0.235. The lowest BCUT2D eigenvalue weighted by atomic mass is 10.2. The van der Waals surface area contributed by atoms with Gasteiger partial charge in [0.2, 0.25) is 0 Å². The minimum atomic E-state index is -0.261. The summed E-state index contributed by atoms with van der Waals surface area (Å²) in [4.78, 5) is 12.1. The lowest BCUT2D eigenvalue weighted by Crippen LogP contribution is -2.28. The Morgan fingerprint density at radius 1 is 1.04 bits per heavy atom. The van der Waals surface area contributed by atoms with Crippen LogP contribution in [0.5, 0.6) is 17.2 Å². The second-order valence-corrected chi connectivity index (χ2v) is 5.06. The van der Waals surface area contributed by atoms with E-state index in [1.54, 1.807) is 37.4 Å². The minimum absolute atomic E-state index is 0.261. The first kappa shape index (κ1) is 17.0. The van der Waals surface area contributed by atoms with Crippen molar-refractivity contribution in [1.29, 1.82) is 0 Å².